The molecule has 1 aromatic carbocycles. The van der Waals surface area contributed by atoms with Crippen molar-refractivity contribution in [1.82, 2.24) is 29.5 Å². The van der Waals surface area contributed by atoms with E-state index in [9.17, 15) is 9.18 Å². The summed E-state index contributed by atoms with van der Waals surface area (Å²) in [5.74, 6) is 1.40. The molecule has 0 radical (unpaired) electrons. The molecule has 1 saturated heterocycles. The molecule has 1 aliphatic heterocycles. The minimum atomic E-state index is -0.295. The van der Waals surface area contributed by atoms with Gasteiger partial charge in [-0.3, -0.25) is 4.79 Å². The third kappa shape index (κ3) is 3.54. The predicted octanol–water partition coefficient (Wildman–Crippen LogP) is 2.43. The van der Waals surface area contributed by atoms with Gasteiger partial charge in [-0.05, 0) is 49.1 Å². The van der Waals surface area contributed by atoms with E-state index in [2.05, 4.69) is 25.1 Å². The van der Waals surface area contributed by atoms with E-state index in [4.69, 9.17) is 0 Å². The molecule has 0 spiro atoms. The predicted molar refractivity (Wildman–Crippen MR) is 110 cm³/mol. The van der Waals surface area contributed by atoms with Crippen molar-refractivity contribution in [3.05, 3.63) is 71.3 Å². The largest absolute Gasteiger partial charge is 0.356 e. The number of fused-ring (bicyclic) bond motifs is 1. The van der Waals surface area contributed by atoms with Crippen molar-refractivity contribution in [2.75, 3.05) is 18.0 Å². The van der Waals surface area contributed by atoms with Gasteiger partial charge in [0.2, 0.25) is 0 Å². The van der Waals surface area contributed by atoms with E-state index in [-0.39, 0.29) is 11.4 Å². The van der Waals surface area contributed by atoms with Crippen LogP contribution in [-0.2, 0) is 6.54 Å². The van der Waals surface area contributed by atoms with Crippen molar-refractivity contribution < 1.29 is 4.39 Å². The molecule has 0 unspecified atom stereocenters. The first-order valence-corrected chi connectivity index (χ1v) is 9.91. The second kappa shape index (κ2) is 7.66. The Hall–Kier alpha value is -3.62. The molecule has 1 aliphatic rings. The molecule has 30 heavy (non-hydrogen) atoms. The van der Waals surface area contributed by atoms with Gasteiger partial charge >= 0.3 is 0 Å². The fourth-order valence-electron chi connectivity index (χ4n) is 3.93. The lowest BCUT2D eigenvalue weighted by atomic mass is 9.96. The molecule has 9 heteroatoms. The number of aromatic nitrogens is 6. The molecule has 8 nitrogen and oxygen atoms in total. The van der Waals surface area contributed by atoms with Gasteiger partial charge in [0.25, 0.3) is 5.56 Å². The Bertz CT molecular complexity index is 1230. The van der Waals surface area contributed by atoms with Crippen LogP contribution in [0.25, 0.3) is 16.7 Å². The monoisotopic (exact) mass is 405 g/mol. The third-order valence-electron chi connectivity index (χ3n) is 5.51. The molecular weight excluding hydrogens is 385 g/mol. The van der Waals surface area contributed by atoms with Crippen molar-refractivity contribution in [3.8, 4) is 5.82 Å². The summed E-state index contributed by atoms with van der Waals surface area (Å²) in [6.07, 6.45) is 6.77. The van der Waals surface area contributed by atoms with Crippen molar-refractivity contribution in [3.63, 3.8) is 0 Å². The molecular formula is C21H20FN7O. The molecule has 0 bridgehead atoms. The average Bonchev–Trinajstić information content (AvgIpc) is 3.30. The number of hydrogen-bond donors (Lipinski definition) is 0. The van der Waals surface area contributed by atoms with Crippen LogP contribution in [0.2, 0.25) is 0 Å². The Morgan fingerprint density at radius 3 is 2.77 bits per heavy atom. The molecule has 0 saturated carbocycles. The van der Waals surface area contributed by atoms with Crippen LogP contribution in [0.4, 0.5) is 10.2 Å². The van der Waals surface area contributed by atoms with Crippen molar-refractivity contribution in [1.29, 1.82) is 0 Å². The fourth-order valence-corrected chi connectivity index (χ4v) is 3.93. The second-order valence-electron chi connectivity index (χ2n) is 7.45. The zero-order valence-electron chi connectivity index (χ0n) is 16.2. The molecule has 3 aromatic heterocycles. The van der Waals surface area contributed by atoms with E-state index < -0.39 is 0 Å². The van der Waals surface area contributed by atoms with Crippen molar-refractivity contribution in [2.24, 2.45) is 5.92 Å². The molecule has 1 fully saturated rings. The maximum absolute atomic E-state index is 13.7. The van der Waals surface area contributed by atoms with Gasteiger partial charge in [0.1, 0.15) is 18.0 Å². The van der Waals surface area contributed by atoms with Gasteiger partial charge < -0.3 is 4.90 Å². The molecule has 0 aliphatic carbocycles. The summed E-state index contributed by atoms with van der Waals surface area (Å²) in [5.41, 5.74) is 0.611. The fraction of sp³-hybridized carbons (Fsp3) is 0.286. The SMILES string of the molecule is O=c1ccc(-n2cccn2)nn1CC1CCN(c2ncnc3ccc(F)cc23)CC1. The molecule has 152 valence electrons. The normalized spacial score (nSPS) is 15.0. The lowest BCUT2D eigenvalue weighted by Crippen LogP contribution is -2.37. The third-order valence-corrected chi connectivity index (χ3v) is 5.51. The summed E-state index contributed by atoms with van der Waals surface area (Å²) in [4.78, 5) is 23.1. The highest BCUT2D eigenvalue weighted by atomic mass is 19.1. The minimum absolute atomic E-state index is 0.120. The summed E-state index contributed by atoms with van der Waals surface area (Å²) in [7, 11) is 0. The first-order valence-electron chi connectivity index (χ1n) is 9.91. The molecule has 0 N–H and O–H groups in total. The number of piperidine rings is 1. The summed E-state index contributed by atoms with van der Waals surface area (Å²) in [6, 6.07) is 9.59. The topological polar surface area (TPSA) is 81.7 Å². The molecule has 5 rings (SSSR count). The molecule has 4 heterocycles. The lowest BCUT2D eigenvalue weighted by molar-refractivity contribution is 0.334. The van der Waals surface area contributed by atoms with E-state index in [1.807, 2.05) is 6.07 Å². The van der Waals surface area contributed by atoms with Crippen molar-refractivity contribution in [2.45, 2.75) is 19.4 Å². The van der Waals surface area contributed by atoms with Crippen LogP contribution in [0.15, 0.2) is 59.9 Å². The molecule has 0 amide bonds. The van der Waals surface area contributed by atoms with E-state index in [0.717, 1.165) is 42.7 Å². The van der Waals surface area contributed by atoms with Crippen molar-refractivity contribution >= 4 is 16.7 Å². The number of rotatable bonds is 4. The van der Waals surface area contributed by atoms with Crippen LogP contribution >= 0.6 is 0 Å². The Morgan fingerprint density at radius 1 is 1.10 bits per heavy atom. The number of anilines is 1. The van der Waals surface area contributed by atoms with E-state index in [0.29, 0.717) is 18.3 Å². The van der Waals surface area contributed by atoms with Gasteiger partial charge in [-0.1, -0.05) is 0 Å². The van der Waals surface area contributed by atoms with Gasteiger partial charge in [-0.25, -0.2) is 23.7 Å². The number of halogens is 1. The van der Waals surface area contributed by atoms with Gasteiger partial charge in [0.15, 0.2) is 5.82 Å². The second-order valence-corrected chi connectivity index (χ2v) is 7.45. The Balaban J connectivity index is 1.31. The van der Waals surface area contributed by atoms with E-state index >= 15 is 0 Å². The first kappa shape index (κ1) is 18.4. The summed E-state index contributed by atoms with van der Waals surface area (Å²) < 4.78 is 16.9. The van der Waals surface area contributed by atoms with Gasteiger partial charge in [0.05, 0.1) is 5.52 Å². The minimum Gasteiger partial charge on any atom is -0.356 e. The maximum Gasteiger partial charge on any atom is 0.266 e. The Labute approximate surface area is 171 Å². The highest BCUT2D eigenvalue weighted by molar-refractivity contribution is 5.89. The molecule has 4 aromatic rings. The zero-order valence-corrected chi connectivity index (χ0v) is 16.2. The van der Waals surface area contributed by atoms with Crippen LogP contribution in [0.1, 0.15) is 12.8 Å². The van der Waals surface area contributed by atoms with Gasteiger partial charge in [0, 0.05) is 43.5 Å². The number of benzene rings is 1. The number of nitrogens with zero attached hydrogens (tertiary/aromatic N) is 7. The van der Waals surface area contributed by atoms with Crippen LogP contribution in [0, 0.1) is 11.7 Å². The summed E-state index contributed by atoms with van der Waals surface area (Å²) in [5, 5.41) is 9.36. The van der Waals surface area contributed by atoms with Crippen LogP contribution < -0.4 is 10.5 Å². The maximum atomic E-state index is 13.7. The highest BCUT2D eigenvalue weighted by Crippen LogP contribution is 2.28. The Kier molecular flexibility index (Phi) is 4.70. The summed E-state index contributed by atoms with van der Waals surface area (Å²) >= 11 is 0. The Morgan fingerprint density at radius 2 is 1.97 bits per heavy atom. The lowest BCUT2D eigenvalue weighted by Gasteiger charge is -2.33. The highest BCUT2D eigenvalue weighted by Gasteiger charge is 2.23. The van der Waals surface area contributed by atoms with E-state index in [1.54, 1.807) is 29.2 Å². The average molecular weight is 405 g/mol. The quantitative estimate of drug-likeness (QED) is 0.519. The standard InChI is InChI=1S/C21H20FN7O/c22-16-2-3-18-17(12-16)21(24-14-23-18)27-10-6-15(7-11-27)13-29-20(30)5-4-19(26-29)28-9-1-8-25-28/h1-5,8-9,12,14-15H,6-7,10-11,13H2. The van der Waals surface area contributed by atoms with Crippen LogP contribution in [0.3, 0.4) is 0 Å². The van der Waals surface area contributed by atoms with Crippen LogP contribution in [0.5, 0.6) is 0 Å². The summed E-state index contributed by atoms with van der Waals surface area (Å²) in [6.45, 7) is 2.11. The number of hydrogen-bond acceptors (Lipinski definition) is 6. The van der Waals surface area contributed by atoms with E-state index in [1.165, 1.54) is 29.2 Å². The van der Waals surface area contributed by atoms with Gasteiger partial charge in [-0.15, -0.1) is 5.10 Å². The first-order chi connectivity index (χ1) is 14.7. The van der Waals surface area contributed by atoms with Gasteiger partial charge in [-0.2, -0.15) is 5.10 Å². The molecule has 0 atom stereocenters. The smallest absolute Gasteiger partial charge is 0.266 e. The zero-order chi connectivity index (χ0) is 20.5. The van der Waals surface area contributed by atoms with Crippen LogP contribution in [-0.4, -0.2) is 42.6 Å².